The number of hydrogen-bond donors (Lipinski definition) is 3. The highest BCUT2D eigenvalue weighted by atomic mass is 32.1. The molecule has 0 unspecified atom stereocenters. The van der Waals surface area contributed by atoms with Gasteiger partial charge in [0.1, 0.15) is 5.75 Å². The van der Waals surface area contributed by atoms with Gasteiger partial charge in [-0.15, -0.1) is 11.3 Å². The first-order chi connectivity index (χ1) is 17.2. The number of aromatic amines is 1. The average molecular weight is 483 g/mol. The normalized spacial score (nSPS) is 13.0. The number of H-pyrrole nitrogens is 1. The average Bonchev–Trinajstić information content (AvgIpc) is 3.32. The minimum absolute atomic E-state index is 0.00794. The third kappa shape index (κ3) is 4.85. The molecule has 2 aromatic carbocycles. The quantitative estimate of drug-likeness (QED) is 0.283. The van der Waals surface area contributed by atoms with Gasteiger partial charge in [-0.05, 0) is 54.1 Å². The van der Waals surface area contributed by atoms with Gasteiger partial charge in [0.05, 0.1) is 16.4 Å². The van der Waals surface area contributed by atoms with Crippen LogP contribution in [0.25, 0.3) is 32.7 Å². The van der Waals surface area contributed by atoms with Crippen LogP contribution < -0.4 is 15.4 Å². The molecule has 174 valence electrons. The summed E-state index contributed by atoms with van der Waals surface area (Å²) in [6.45, 7) is -0.00794. The zero-order valence-corrected chi connectivity index (χ0v) is 19.5. The second-order valence-electron chi connectivity index (χ2n) is 8.38. The van der Waals surface area contributed by atoms with Crippen molar-refractivity contribution in [2.75, 3.05) is 11.9 Å². The van der Waals surface area contributed by atoms with Gasteiger partial charge in [0.15, 0.2) is 18.2 Å². The number of nitrogens with zero attached hydrogens (tertiary/aromatic N) is 3. The SMILES string of the molecule is O=C(COc1cccc(-c2nc(Nc3ccc(-c4cn[nH]c4)cc3)c3sccc3n2)c1)NC1CC1. The van der Waals surface area contributed by atoms with Crippen LogP contribution in [0.1, 0.15) is 12.8 Å². The summed E-state index contributed by atoms with van der Waals surface area (Å²) in [4.78, 5) is 21.6. The molecule has 9 heteroatoms. The fourth-order valence-electron chi connectivity index (χ4n) is 3.74. The summed E-state index contributed by atoms with van der Waals surface area (Å²) in [5.41, 5.74) is 4.73. The molecule has 0 aliphatic heterocycles. The second kappa shape index (κ2) is 9.19. The van der Waals surface area contributed by atoms with Gasteiger partial charge in [-0.3, -0.25) is 9.89 Å². The van der Waals surface area contributed by atoms with Gasteiger partial charge < -0.3 is 15.4 Å². The Kier molecular flexibility index (Phi) is 5.59. The van der Waals surface area contributed by atoms with Crippen LogP contribution in [0.3, 0.4) is 0 Å². The molecule has 0 atom stereocenters. The number of thiophene rings is 1. The lowest BCUT2D eigenvalue weighted by Crippen LogP contribution is -2.30. The highest BCUT2D eigenvalue weighted by Gasteiger charge is 2.23. The Morgan fingerprint density at radius 2 is 1.94 bits per heavy atom. The van der Waals surface area contributed by atoms with Gasteiger partial charge in [-0.25, -0.2) is 9.97 Å². The first-order valence-electron chi connectivity index (χ1n) is 11.4. The van der Waals surface area contributed by atoms with E-state index in [0.717, 1.165) is 51.3 Å². The van der Waals surface area contributed by atoms with Crippen molar-refractivity contribution < 1.29 is 9.53 Å². The Morgan fingerprint density at radius 3 is 2.74 bits per heavy atom. The molecule has 3 N–H and O–H groups in total. The van der Waals surface area contributed by atoms with E-state index < -0.39 is 0 Å². The molecule has 1 amide bonds. The van der Waals surface area contributed by atoms with E-state index in [9.17, 15) is 4.79 Å². The molecular weight excluding hydrogens is 460 g/mol. The van der Waals surface area contributed by atoms with E-state index in [-0.39, 0.29) is 12.5 Å². The topological polar surface area (TPSA) is 105 Å². The minimum atomic E-state index is -0.0980. The Morgan fingerprint density at radius 1 is 1.06 bits per heavy atom. The molecule has 0 radical (unpaired) electrons. The first kappa shape index (κ1) is 21.3. The third-order valence-electron chi connectivity index (χ3n) is 5.69. The summed E-state index contributed by atoms with van der Waals surface area (Å²) in [6.07, 6.45) is 5.76. The van der Waals surface area contributed by atoms with Crippen LogP contribution in [-0.2, 0) is 4.79 Å². The maximum atomic E-state index is 12.0. The molecule has 1 saturated carbocycles. The highest BCUT2D eigenvalue weighted by Crippen LogP contribution is 2.32. The van der Waals surface area contributed by atoms with E-state index >= 15 is 0 Å². The van der Waals surface area contributed by atoms with Crippen molar-refractivity contribution in [3.8, 4) is 28.3 Å². The number of nitrogens with one attached hydrogen (secondary N) is 3. The van der Waals surface area contributed by atoms with Crippen molar-refractivity contribution in [3.63, 3.8) is 0 Å². The van der Waals surface area contributed by atoms with Crippen LogP contribution in [0.2, 0.25) is 0 Å². The molecule has 6 rings (SSSR count). The molecule has 1 fully saturated rings. The van der Waals surface area contributed by atoms with Crippen molar-refractivity contribution in [1.29, 1.82) is 0 Å². The molecule has 0 spiro atoms. The van der Waals surface area contributed by atoms with Crippen LogP contribution >= 0.6 is 11.3 Å². The van der Waals surface area contributed by atoms with Crippen LogP contribution in [0.15, 0.2) is 72.4 Å². The highest BCUT2D eigenvalue weighted by molar-refractivity contribution is 7.17. The van der Waals surface area contributed by atoms with E-state index in [1.165, 1.54) is 0 Å². The Balaban J connectivity index is 1.24. The summed E-state index contributed by atoms with van der Waals surface area (Å²) < 4.78 is 6.69. The number of benzene rings is 2. The fraction of sp³-hybridized carbons (Fsp3) is 0.154. The number of rotatable bonds is 8. The molecule has 1 aliphatic rings. The van der Waals surface area contributed by atoms with Gasteiger partial charge in [0, 0.05) is 29.1 Å². The lowest BCUT2D eigenvalue weighted by atomic mass is 10.1. The molecule has 3 heterocycles. The number of carbonyl (C=O) groups excluding carboxylic acids is 1. The zero-order valence-electron chi connectivity index (χ0n) is 18.7. The van der Waals surface area contributed by atoms with Gasteiger partial charge in [-0.1, -0.05) is 24.3 Å². The van der Waals surface area contributed by atoms with E-state index in [4.69, 9.17) is 14.7 Å². The standard InChI is InChI=1S/C26H22N6O2S/c33-23(29-19-8-9-19)15-34-21-3-1-2-17(12-21)25-31-22-10-11-35-24(22)26(32-25)30-20-6-4-16(5-7-20)18-13-27-28-14-18/h1-7,10-14,19H,8-9,15H2,(H,27,28)(H,29,33)(H,30,31,32). The van der Waals surface area contributed by atoms with Crippen LogP contribution in [-0.4, -0.2) is 38.7 Å². The molecule has 3 aromatic heterocycles. The number of amides is 1. The lowest BCUT2D eigenvalue weighted by Gasteiger charge is -2.11. The number of fused-ring (bicyclic) bond motifs is 1. The molecule has 5 aromatic rings. The smallest absolute Gasteiger partial charge is 0.258 e. The Labute approximate surface area is 205 Å². The van der Waals surface area contributed by atoms with Gasteiger partial charge in [-0.2, -0.15) is 5.10 Å². The van der Waals surface area contributed by atoms with Crippen molar-refractivity contribution in [1.82, 2.24) is 25.5 Å². The van der Waals surface area contributed by atoms with Crippen LogP contribution in [0.4, 0.5) is 11.5 Å². The number of ether oxygens (including phenoxy) is 1. The molecular formula is C26H22N6O2S. The summed E-state index contributed by atoms with van der Waals surface area (Å²) in [5, 5.41) is 15.2. The largest absolute Gasteiger partial charge is 0.484 e. The van der Waals surface area contributed by atoms with Gasteiger partial charge in [0.2, 0.25) is 0 Å². The van der Waals surface area contributed by atoms with E-state index in [1.54, 1.807) is 17.5 Å². The molecule has 8 nitrogen and oxygen atoms in total. The van der Waals surface area contributed by atoms with Crippen LogP contribution in [0.5, 0.6) is 5.75 Å². The molecule has 1 aliphatic carbocycles. The fourth-order valence-corrected chi connectivity index (χ4v) is 4.52. The zero-order chi connectivity index (χ0) is 23.6. The van der Waals surface area contributed by atoms with Crippen molar-refractivity contribution >= 4 is 39.0 Å². The first-order valence-corrected chi connectivity index (χ1v) is 12.2. The number of carbonyl (C=O) groups is 1. The number of hydrogen-bond acceptors (Lipinski definition) is 7. The minimum Gasteiger partial charge on any atom is -0.484 e. The predicted molar refractivity (Wildman–Crippen MR) is 137 cm³/mol. The van der Waals surface area contributed by atoms with Gasteiger partial charge >= 0.3 is 0 Å². The van der Waals surface area contributed by atoms with E-state index in [1.807, 2.05) is 66.2 Å². The predicted octanol–water partition coefficient (Wildman–Crippen LogP) is 5.15. The maximum Gasteiger partial charge on any atom is 0.258 e. The van der Waals surface area contributed by atoms with Crippen molar-refractivity contribution in [2.45, 2.75) is 18.9 Å². The summed E-state index contributed by atoms with van der Waals surface area (Å²) in [7, 11) is 0. The molecule has 35 heavy (non-hydrogen) atoms. The summed E-state index contributed by atoms with van der Waals surface area (Å²) >= 11 is 1.59. The monoisotopic (exact) mass is 482 g/mol. The van der Waals surface area contributed by atoms with Gasteiger partial charge in [0.25, 0.3) is 5.91 Å². The summed E-state index contributed by atoms with van der Waals surface area (Å²) in [6, 6.07) is 17.9. The van der Waals surface area contributed by atoms with Crippen molar-refractivity contribution in [3.05, 3.63) is 72.4 Å². The second-order valence-corrected chi connectivity index (χ2v) is 9.29. The summed E-state index contributed by atoms with van der Waals surface area (Å²) in [5.74, 6) is 1.83. The molecule has 0 bridgehead atoms. The van der Waals surface area contributed by atoms with Crippen molar-refractivity contribution in [2.24, 2.45) is 0 Å². The van der Waals surface area contributed by atoms with E-state index in [2.05, 4.69) is 20.8 Å². The third-order valence-corrected chi connectivity index (χ3v) is 6.60. The maximum absolute atomic E-state index is 12.0. The van der Waals surface area contributed by atoms with Crippen LogP contribution in [0, 0.1) is 0 Å². The Bertz CT molecular complexity index is 1480. The number of anilines is 2. The molecule has 0 saturated heterocycles. The lowest BCUT2D eigenvalue weighted by molar-refractivity contribution is -0.123. The Hall–Kier alpha value is -4.24. The number of aromatic nitrogens is 4. The van der Waals surface area contributed by atoms with E-state index in [0.29, 0.717) is 17.6 Å².